The van der Waals surface area contributed by atoms with Gasteiger partial charge in [-0.15, -0.1) is 13.2 Å². The number of likely N-dealkylation sites (N-methyl/N-ethyl adjacent to an activating group) is 1. The Morgan fingerprint density at radius 3 is 2.71 bits per heavy atom. The number of quaternary nitrogens is 1. The van der Waals surface area contributed by atoms with Crippen molar-refractivity contribution in [2.45, 2.75) is 32.7 Å². The molecule has 4 nitrogen and oxygen atoms in total. The van der Waals surface area contributed by atoms with Crippen molar-refractivity contribution in [3.63, 3.8) is 0 Å². The summed E-state index contributed by atoms with van der Waals surface area (Å²) in [7, 11) is 2.08. The van der Waals surface area contributed by atoms with Crippen molar-refractivity contribution in [1.29, 1.82) is 0 Å². The van der Waals surface area contributed by atoms with Crippen molar-refractivity contribution in [1.82, 2.24) is 4.90 Å². The van der Waals surface area contributed by atoms with Crippen LogP contribution >= 0.6 is 0 Å². The number of nitrogens with zero attached hydrogens (tertiary/aromatic N) is 2. The lowest BCUT2D eigenvalue weighted by molar-refractivity contribution is -0.920. The van der Waals surface area contributed by atoms with Crippen molar-refractivity contribution >= 4 is 5.91 Å². The van der Waals surface area contributed by atoms with Gasteiger partial charge in [0.2, 0.25) is 5.91 Å². The maximum atomic E-state index is 12.3. The van der Waals surface area contributed by atoms with Gasteiger partial charge >= 0.3 is 6.36 Å². The van der Waals surface area contributed by atoms with Gasteiger partial charge in [0.1, 0.15) is 12.3 Å². The fourth-order valence-electron chi connectivity index (χ4n) is 3.14. The van der Waals surface area contributed by atoms with Crippen LogP contribution in [0.4, 0.5) is 13.2 Å². The minimum Gasteiger partial charge on any atom is -0.406 e. The summed E-state index contributed by atoms with van der Waals surface area (Å²) in [6.45, 7) is 5.57. The fourth-order valence-corrected chi connectivity index (χ4v) is 3.14. The predicted octanol–water partition coefficient (Wildman–Crippen LogP) is 3.17. The Morgan fingerprint density at radius 2 is 2.04 bits per heavy atom. The van der Waals surface area contributed by atoms with Gasteiger partial charge in [-0.2, -0.15) is 0 Å². The van der Waals surface area contributed by atoms with E-state index in [9.17, 15) is 18.0 Å². The van der Waals surface area contributed by atoms with Crippen LogP contribution in [0.25, 0.3) is 0 Å². The van der Waals surface area contributed by atoms with Gasteiger partial charge in [0, 0.05) is 24.9 Å². The van der Waals surface area contributed by atoms with Crippen molar-refractivity contribution < 1.29 is 27.2 Å². The molecule has 1 unspecified atom stereocenters. The molecule has 0 bridgehead atoms. The van der Waals surface area contributed by atoms with Crippen molar-refractivity contribution in [3.05, 3.63) is 29.8 Å². The number of carbonyl (C=O) groups excluding carboxylic acids is 1. The van der Waals surface area contributed by atoms with Crippen LogP contribution in [-0.2, 0) is 11.3 Å². The number of hydrogen-bond donors (Lipinski definition) is 0. The summed E-state index contributed by atoms with van der Waals surface area (Å²) in [6.07, 6.45) is -3.29. The first-order chi connectivity index (χ1) is 11.2. The molecule has 1 fully saturated rings. The maximum Gasteiger partial charge on any atom is 0.573 e. The minimum absolute atomic E-state index is 0.157. The Balaban J connectivity index is 2.04. The highest BCUT2D eigenvalue weighted by Gasteiger charge is 2.32. The Kier molecular flexibility index (Phi) is 5.74. The third-order valence-electron chi connectivity index (χ3n) is 4.39. The molecular weight excluding hydrogens is 321 g/mol. The largest absolute Gasteiger partial charge is 0.573 e. The first-order valence-corrected chi connectivity index (χ1v) is 8.17. The average molecular weight is 345 g/mol. The molecule has 0 aliphatic carbocycles. The second-order valence-electron chi connectivity index (χ2n) is 6.51. The zero-order valence-corrected chi connectivity index (χ0v) is 14.1. The zero-order chi connectivity index (χ0) is 17.8. The quantitative estimate of drug-likeness (QED) is 0.785. The second kappa shape index (κ2) is 7.42. The third-order valence-corrected chi connectivity index (χ3v) is 4.39. The summed E-state index contributed by atoms with van der Waals surface area (Å²) in [5.41, 5.74) is 0.800. The summed E-state index contributed by atoms with van der Waals surface area (Å²) in [4.78, 5) is 13.7. The van der Waals surface area contributed by atoms with Gasteiger partial charge in [0.15, 0.2) is 0 Å². The number of benzene rings is 1. The number of amides is 1. The van der Waals surface area contributed by atoms with E-state index in [1.165, 1.54) is 12.1 Å². The lowest BCUT2D eigenvalue weighted by atomic mass is 10.1. The van der Waals surface area contributed by atoms with Crippen LogP contribution in [-0.4, -0.2) is 54.9 Å². The van der Waals surface area contributed by atoms with E-state index in [-0.39, 0.29) is 11.7 Å². The number of alkyl halides is 3. The normalized spacial score (nSPS) is 22.1. The molecule has 0 radical (unpaired) electrons. The molecule has 1 atom stereocenters. The van der Waals surface area contributed by atoms with Crippen molar-refractivity contribution in [2.24, 2.45) is 0 Å². The van der Waals surface area contributed by atoms with Gasteiger partial charge in [-0.1, -0.05) is 19.1 Å². The van der Waals surface area contributed by atoms with Crippen molar-refractivity contribution in [3.8, 4) is 5.75 Å². The SMILES string of the molecule is CCC(=O)N1CCC[N+](C)(Cc2cccc(OC(F)(F)F)c2)CC1. The highest BCUT2D eigenvalue weighted by atomic mass is 19.4. The average Bonchev–Trinajstić information content (AvgIpc) is 2.67. The van der Waals surface area contributed by atoms with E-state index < -0.39 is 6.36 Å². The molecule has 7 heteroatoms. The number of halogens is 3. The summed E-state index contributed by atoms with van der Waals surface area (Å²) in [5.74, 6) is -0.0340. The molecular formula is C17H24F3N2O2+. The van der Waals surface area contributed by atoms with Crippen LogP contribution in [0, 0.1) is 0 Å². The van der Waals surface area contributed by atoms with Crippen molar-refractivity contribution in [2.75, 3.05) is 33.2 Å². The predicted molar refractivity (Wildman–Crippen MR) is 84.2 cm³/mol. The van der Waals surface area contributed by atoms with Crippen LogP contribution in [0.2, 0.25) is 0 Å². The summed E-state index contributed by atoms with van der Waals surface area (Å²) in [6, 6.07) is 6.14. The van der Waals surface area contributed by atoms with E-state index in [1.807, 2.05) is 17.9 Å². The Morgan fingerprint density at radius 1 is 1.29 bits per heavy atom. The second-order valence-corrected chi connectivity index (χ2v) is 6.51. The summed E-state index contributed by atoms with van der Waals surface area (Å²) < 4.78 is 41.7. The molecule has 2 rings (SSSR count). The van der Waals surface area contributed by atoms with E-state index in [0.717, 1.165) is 31.6 Å². The fraction of sp³-hybridized carbons (Fsp3) is 0.588. The topological polar surface area (TPSA) is 29.5 Å². The Labute approximate surface area is 140 Å². The van der Waals surface area contributed by atoms with Gasteiger partial charge in [0.25, 0.3) is 0 Å². The van der Waals surface area contributed by atoms with Crippen LogP contribution in [0.1, 0.15) is 25.3 Å². The molecule has 0 spiro atoms. The smallest absolute Gasteiger partial charge is 0.406 e. The minimum atomic E-state index is -4.68. The van der Waals surface area contributed by atoms with Crippen LogP contribution in [0.15, 0.2) is 24.3 Å². The lowest BCUT2D eigenvalue weighted by Crippen LogP contribution is -2.46. The highest BCUT2D eigenvalue weighted by molar-refractivity contribution is 5.75. The monoisotopic (exact) mass is 345 g/mol. The van der Waals surface area contributed by atoms with Gasteiger partial charge in [-0.25, -0.2) is 0 Å². The molecule has 1 aliphatic heterocycles. The molecule has 0 aromatic heterocycles. The Hall–Kier alpha value is -1.76. The first-order valence-electron chi connectivity index (χ1n) is 8.17. The molecule has 0 saturated carbocycles. The van der Waals surface area contributed by atoms with Crippen LogP contribution < -0.4 is 4.74 Å². The summed E-state index contributed by atoms with van der Waals surface area (Å²) in [5, 5.41) is 0. The maximum absolute atomic E-state index is 12.3. The molecule has 1 saturated heterocycles. The molecule has 1 aromatic carbocycles. The molecule has 24 heavy (non-hydrogen) atoms. The van der Waals surface area contributed by atoms with Gasteiger partial charge in [-0.05, 0) is 12.1 Å². The summed E-state index contributed by atoms with van der Waals surface area (Å²) >= 11 is 0. The first kappa shape index (κ1) is 18.6. The zero-order valence-electron chi connectivity index (χ0n) is 14.1. The third kappa shape index (κ3) is 5.40. The van der Waals surface area contributed by atoms with Crippen LogP contribution in [0.3, 0.4) is 0 Å². The van der Waals surface area contributed by atoms with Gasteiger partial charge in [0.05, 0.1) is 26.7 Å². The molecule has 1 amide bonds. The Bertz CT molecular complexity index is 577. The molecule has 0 N–H and O–H groups in total. The number of ether oxygens (including phenoxy) is 1. The molecule has 134 valence electrons. The lowest BCUT2D eigenvalue weighted by Gasteiger charge is -2.33. The molecule has 1 aromatic rings. The standard InChI is InChI=1S/C17H24F3N2O2/c1-3-16(23)21-8-5-10-22(2,11-9-21)13-14-6-4-7-15(12-14)24-17(18,19)20/h4,6-7,12H,3,5,8-11,13H2,1-2H3/q+1. The van der Waals surface area contributed by atoms with Gasteiger partial charge in [-0.3, -0.25) is 4.79 Å². The molecule has 1 heterocycles. The molecule has 1 aliphatic rings. The van der Waals surface area contributed by atoms with Crippen LogP contribution in [0.5, 0.6) is 5.75 Å². The number of rotatable bonds is 4. The van der Waals surface area contributed by atoms with Gasteiger partial charge < -0.3 is 14.1 Å². The van der Waals surface area contributed by atoms with E-state index in [0.29, 0.717) is 24.0 Å². The van der Waals surface area contributed by atoms with E-state index in [4.69, 9.17) is 0 Å². The number of carbonyl (C=O) groups is 1. The van der Waals surface area contributed by atoms with E-state index in [2.05, 4.69) is 11.8 Å². The number of hydrogen-bond acceptors (Lipinski definition) is 2. The van der Waals surface area contributed by atoms with E-state index in [1.54, 1.807) is 6.07 Å². The van der Waals surface area contributed by atoms with E-state index >= 15 is 0 Å². The highest BCUT2D eigenvalue weighted by Crippen LogP contribution is 2.25.